The fourth-order valence-electron chi connectivity index (χ4n) is 4.08. The van der Waals surface area contributed by atoms with Gasteiger partial charge in [-0.15, -0.1) is 0 Å². The van der Waals surface area contributed by atoms with Crippen LogP contribution in [0.1, 0.15) is 51.7 Å². The molecule has 37 heavy (non-hydrogen) atoms. The number of ether oxygens (including phenoxy) is 4. The Morgan fingerprint density at radius 3 is 2.27 bits per heavy atom. The Kier molecular flexibility index (Phi) is 10.7. The van der Waals surface area contributed by atoms with E-state index >= 15 is 0 Å². The second kappa shape index (κ2) is 14.2. The molecule has 3 aromatic carbocycles. The van der Waals surface area contributed by atoms with Crippen LogP contribution in [0.25, 0.3) is 11.1 Å². The van der Waals surface area contributed by atoms with Crippen LogP contribution in [0, 0.1) is 0 Å². The standard InChI is InChI=1S/C31H38O6/c1-5-13-25-28(16-11-17-29(25)37-22(4)31(33)34-7-3)35-18-12-19-36-30-21-27(32)26(20-23(30)6-2)24-14-9-8-10-15-24/h8-11,14-17,20-22,32H,5-7,12-13,18-19H2,1-4H3. The average molecular weight is 507 g/mol. The maximum atomic E-state index is 12.0. The van der Waals surface area contributed by atoms with Crippen molar-refractivity contribution in [2.45, 2.75) is 59.5 Å². The molecule has 0 bridgehead atoms. The van der Waals surface area contributed by atoms with Gasteiger partial charge in [-0.1, -0.05) is 56.7 Å². The molecule has 6 heteroatoms. The monoisotopic (exact) mass is 506 g/mol. The lowest BCUT2D eigenvalue weighted by Gasteiger charge is -2.19. The topological polar surface area (TPSA) is 74.2 Å². The Labute approximate surface area is 220 Å². The smallest absolute Gasteiger partial charge is 0.347 e. The first kappa shape index (κ1) is 27.9. The highest BCUT2D eigenvalue weighted by Crippen LogP contribution is 2.36. The van der Waals surface area contributed by atoms with E-state index < -0.39 is 6.10 Å². The van der Waals surface area contributed by atoms with Crippen molar-refractivity contribution in [2.24, 2.45) is 0 Å². The van der Waals surface area contributed by atoms with Gasteiger partial charge < -0.3 is 24.1 Å². The summed E-state index contributed by atoms with van der Waals surface area (Å²) in [6.45, 7) is 8.86. The quantitative estimate of drug-likeness (QED) is 0.193. The molecule has 1 atom stereocenters. The maximum Gasteiger partial charge on any atom is 0.347 e. The zero-order valence-corrected chi connectivity index (χ0v) is 22.3. The maximum absolute atomic E-state index is 12.0. The van der Waals surface area contributed by atoms with Gasteiger partial charge in [0.1, 0.15) is 23.0 Å². The number of rotatable bonds is 14. The molecule has 3 aromatic rings. The molecule has 0 fully saturated rings. The Hall–Kier alpha value is -3.67. The third-order valence-electron chi connectivity index (χ3n) is 5.96. The van der Waals surface area contributed by atoms with Crippen molar-refractivity contribution in [1.82, 2.24) is 0 Å². The minimum Gasteiger partial charge on any atom is -0.507 e. The van der Waals surface area contributed by atoms with Crippen LogP contribution in [0.15, 0.2) is 60.7 Å². The van der Waals surface area contributed by atoms with Crippen molar-refractivity contribution in [1.29, 1.82) is 0 Å². The van der Waals surface area contributed by atoms with E-state index in [-0.39, 0.29) is 11.7 Å². The molecule has 0 aliphatic carbocycles. The lowest BCUT2D eigenvalue weighted by Crippen LogP contribution is -2.26. The van der Waals surface area contributed by atoms with E-state index in [4.69, 9.17) is 18.9 Å². The van der Waals surface area contributed by atoms with Crippen LogP contribution in [0.2, 0.25) is 0 Å². The van der Waals surface area contributed by atoms with E-state index in [2.05, 4.69) is 13.8 Å². The molecule has 3 rings (SSSR count). The van der Waals surface area contributed by atoms with Gasteiger partial charge in [0.25, 0.3) is 0 Å². The molecule has 0 aliphatic rings. The van der Waals surface area contributed by atoms with E-state index in [0.29, 0.717) is 37.7 Å². The van der Waals surface area contributed by atoms with Gasteiger partial charge in [-0.2, -0.15) is 0 Å². The largest absolute Gasteiger partial charge is 0.507 e. The summed E-state index contributed by atoms with van der Waals surface area (Å²) in [5, 5.41) is 10.6. The third-order valence-corrected chi connectivity index (χ3v) is 5.96. The normalized spacial score (nSPS) is 11.6. The minimum absolute atomic E-state index is 0.202. The van der Waals surface area contributed by atoms with Crippen molar-refractivity contribution in [3.05, 3.63) is 71.8 Å². The summed E-state index contributed by atoms with van der Waals surface area (Å²) in [6, 6.07) is 19.2. The first-order valence-corrected chi connectivity index (χ1v) is 13.1. The Morgan fingerprint density at radius 1 is 0.892 bits per heavy atom. The molecule has 0 saturated carbocycles. The molecule has 0 saturated heterocycles. The summed E-state index contributed by atoms with van der Waals surface area (Å²) in [5.74, 6) is 1.89. The lowest BCUT2D eigenvalue weighted by atomic mass is 10.00. The number of carbonyl (C=O) groups excluding carboxylic acids is 1. The Morgan fingerprint density at radius 2 is 1.59 bits per heavy atom. The molecule has 1 unspecified atom stereocenters. The fraction of sp³-hybridized carbons (Fsp3) is 0.387. The SMILES string of the molecule is CCCc1c(OCCCOc2cc(O)c(-c3ccccc3)cc2CC)cccc1OC(C)C(=O)OCC. The van der Waals surface area contributed by atoms with Crippen molar-refractivity contribution in [3.63, 3.8) is 0 Å². The number of hydrogen-bond donors (Lipinski definition) is 1. The third kappa shape index (κ3) is 7.66. The highest BCUT2D eigenvalue weighted by atomic mass is 16.6. The second-order valence-electron chi connectivity index (χ2n) is 8.74. The number of aromatic hydroxyl groups is 1. The van der Waals surface area contributed by atoms with Gasteiger partial charge in [0.2, 0.25) is 0 Å². The molecular weight excluding hydrogens is 468 g/mol. The van der Waals surface area contributed by atoms with E-state index in [1.807, 2.05) is 54.6 Å². The van der Waals surface area contributed by atoms with Crippen molar-refractivity contribution in [3.8, 4) is 34.1 Å². The summed E-state index contributed by atoms with van der Waals surface area (Å²) < 4.78 is 23.1. The summed E-state index contributed by atoms with van der Waals surface area (Å²) in [6.07, 6.45) is 2.45. The average Bonchev–Trinajstić information content (AvgIpc) is 2.90. The zero-order valence-electron chi connectivity index (χ0n) is 22.3. The van der Waals surface area contributed by atoms with Crippen molar-refractivity contribution >= 4 is 5.97 Å². The number of carbonyl (C=O) groups is 1. The van der Waals surface area contributed by atoms with E-state index in [1.54, 1.807) is 19.9 Å². The van der Waals surface area contributed by atoms with Gasteiger partial charge in [-0.25, -0.2) is 4.79 Å². The van der Waals surface area contributed by atoms with Crippen LogP contribution in [-0.4, -0.2) is 37.0 Å². The molecule has 1 N–H and O–H groups in total. The van der Waals surface area contributed by atoms with Crippen LogP contribution in [0.4, 0.5) is 0 Å². The van der Waals surface area contributed by atoms with Crippen molar-refractivity contribution < 1.29 is 28.8 Å². The molecule has 0 heterocycles. The van der Waals surface area contributed by atoms with Crippen LogP contribution in [0.5, 0.6) is 23.0 Å². The molecule has 6 nitrogen and oxygen atoms in total. The number of aryl methyl sites for hydroxylation is 1. The molecular formula is C31H38O6. The van der Waals surface area contributed by atoms with Gasteiger partial charge in [-0.05, 0) is 56.0 Å². The van der Waals surface area contributed by atoms with Gasteiger partial charge in [0.05, 0.1) is 19.8 Å². The first-order valence-electron chi connectivity index (χ1n) is 13.1. The Balaban J connectivity index is 1.60. The van der Waals surface area contributed by atoms with Gasteiger partial charge >= 0.3 is 5.97 Å². The molecule has 0 radical (unpaired) electrons. The van der Waals surface area contributed by atoms with Gasteiger partial charge in [0.15, 0.2) is 6.10 Å². The van der Waals surface area contributed by atoms with Crippen molar-refractivity contribution in [2.75, 3.05) is 19.8 Å². The minimum atomic E-state index is -0.698. The van der Waals surface area contributed by atoms with E-state index in [1.165, 1.54) is 0 Å². The number of esters is 1. The Bertz CT molecular complexity index is 1140. The predicted octanol–water partition coefficient (Wildman–Crippen LogP) is 6.75. The highest BCUT2D eigenvalue weighted by molar-refractivity contribution is 5.74. The second-order valence-corrected chi connectivity index (χ2v) is 8.74. The van der Waals surface area contributed by atoms with E-state index in [0.717, 1.165) is 47.3 Å². The molecule has 0 amide bonds. The van der Waals surface area contributed by atoms with Crippen LogP contribution in [0.3, 0.4) is 0 Å². The summed E-state index contributed by atoms with van der Waals surface area (Å²) in [7, 11) is 0. The number of hydrogen-bond acceptors (Lipinski definition) is 6. The molecule has 0 aliphatic heterocycles. The van der Waals surface area contributed by atoms with Crippen LogP contribution < -0.4 is 14.2 Å². The number of phenols is 1. The fourth-order valence-corrected chi connectivity index (χ4v) is 4.08. The van der Waals surface area contributed by atoms with Gasteiger partial charge in [0, 0.05) is 23.6 Å². The zero-order chi connectivity index (χ0) is 26.6. The van der Waals surface area contributed by atoms with E-state index in [9.17, 15) is 9.90 Å². The summed E-state index contributed by atoms with van der Waals surface area (Å²) in [5.41, 5.74) is 3.76. The summed E-state index contributed by atoms with van der Waals surface area (Å²) >= 11 is 0. The highest BCUT2D eigenvalue weighted by Gasteiger charge is 2.19. The first-order chi connectivity index (χ1) is 18.0. The molecule has 0 spiro atoms. The lowest BCUT2D eigenvalue weighted by molar-refractivity contribution is -0.150. The van der Waals surface area contributed by atoms with Crippen LogP contribution >= 0.6 is 0 Å². The summed E-state index contributed by atoms with van der Waals surface area (Å²) in [4.78, 5) is 12.0. The van der Waals surface area contributed by atoms with Crippen LogP contribution in [-0.2, 0) is 22.4 Å². The number of phenolic OH excluding ortho intramolecular Hbond substituents is 1. The van der Waals surface area contributed by atoms with Gasteiger partial charge in [-0.3, -0.25) is 0 Å². The molecule has 198 valence electrons. The number of benzene rings is 3. The predicted molar refractivity (Wildman–Crippen MR) is 146 cm³/mol. The molecule has 0 aromatic heterocycles.